The lowest BCUT2D eigenvalue weighted by Crippen LogP contribution is -2.48. The molecule has 1 saturated heterocycles. The molecule has 0 spiro atoms. The number of aliphatic hydroxyl groups is 1. The first-order valence-electron chi connectivity index (χ1n) is 16.7. The number of likely N-dealkylation sites (tertiary alicyclic amines) is 1. The van der Waals surface area contributed by atoms with Gasteiger partial charge in [-0.05, 0) is 72.8 Å². The smallest absolute Gasteiger partial charge is 0.119 e. The molecule has 1 N–H and O–H groups in total. The highest BCUT2D eigenvalue weighted by molar-refractivity contribution is 5.86. The van der Waals surface area contributed by atoms with Crippen LogP contribution in [0.3, 0.4) is 0 Å². The molecule has 1 fully saturated rings. The van der Waals surface area contributed by atoms with Crippen molar-refractivity contribution in [1.29, 1.82) is 0 Å². The van der Waals surface area contributed by atoms with Gasteiger partial charge in [0.2, 0.25) is 0 Å². The highest BCUT2D eigenvalue weighted by Crippen LogP contribution is 2.46. The van der Waals surface area contributed by atoms with Crippen molar-refractivity contribution in [2.75, 3.05) is 37.7 Å². The van der Waals surface area contributed by atoms with Crippen molar-refractivity contribution in [3.05, 3.63) is 137 Å². The number of hydrogen-bond acceptors (Lipinski definition) is 4. The number of benzene rings is 4. The summed E-state index contributed by atoms with van der Waals surface area (Å²) in [6, 6.07) is 36.8. The predicted molar refractivity (Wildman–Crippen MR) is 184 cm³/mol. The SMILES string of the molecule is CCN1CCC2c3cc(C(O)c4c(CCOCc5ccccc5)c5ccccc5n4Cc4ccccc4)ccc3N(CC)C2C1. The zero-order valence-corrected chi connectivity index (χ0v) is 26.6. The molecule has 5 aromatic rings. The molecule has 5 nitrogen and oxygen atoms in total. The molecular formula is C40H45N3O2. The Balaban J connectivity index is 1.26. The number of aliphatic hydroxyl groups excluding tert-OH is 1. The fourth-order valence-corrected chi connectivity index (χ4v) is 7.85. The van der Waals surface area contributed by atoms with E-state index in [-0.39, 0.29) is 0 Å². The van der Waals surface area contributed by atoms with E-state index in [1.165, 1.54) is 39.7 Å². The van der Waals surface area contributed by atoms with Gasteiger partial charge in [-0.2, -0.15) is 0 Å². The van der Waals surface area contributed by atoms with Crippen LogP contribution in [0, 0.1) is 0 Å². The largest absolute Gasteiger partial charge is 0.382 e. The Morgan fingerprint density at radius 3 is 2.33 bits per heavy atom. The first-order valence-corrected chi connectivity index (χ1v) is 16.7. The van der Waals surface area contributed by atoms with Gasteiger partial charge in [-0.25, -0.2) is 0 Å². The number of para-hydroxylation sites is 1. The van der Waals surface area contributed by atoms with Gasteiger partial charge >= 0.3 is 0 Å². The van der Waals surface area contributed by atoms with Gasteiger partial charge in [-0.1, -0.05) is 97.9 Å². The second kappa shape index (κ2) is 13.2. The van der Waals surface area contributed by atoms with Crippen molar-refractivity contribution in [2.45, 2.75) is 57.9 Å². The second-order valence-electron chi connectivity index (χ2n) is 12.6. The van der Waals surface area contributed by atoms with Gasteiger partial charge in [0.15, 0.2) is 0 Å². The summed E-state index contributed by atoms with van der Waals surface area (Å²) in [6.45, 7) is 10.8. The molecule has 0 saturated carbocycles. The van der Waals surface area contributed by atoms with E-state index in [1.54, 1.807) is 0 Å². The standard InChI is InChI=1S/C40H45N3O2/c1-3-41-23-21-33-35-25-31(19-20-37(35)42(4-2)38(33)27-41)40(44)39-34(22-24-45-28-30-15-9-6-10-16-30)32-17-11-12-18-36(32)43(39)26-29-13-7-5-8-14-29/h5-20,25,33,38,40,44H,3-4,21-24,26-28H2,1-2H3. The number of nitrogens with zero attached hydrogens (tertiary/aromatic N) is 3. The van der Waals surface area contributed by atoms with E-state index in [4.69, 9.17) is 4.74 Å². The van der Waals surface area contributed by atoms with Crippen molar-refractivity contribution in [3.63, 3.8) is 0 Å². The molecule has 232 valence electrons. The first-order chi connectivity index (χ1) is 22.2. The third kappa shape index (κ3) is 5.81. The maximum atomic E-state index is 12.4. The summed E-state index contributed by atoms with van der Waals surface area (Å²) >= 11 is 0. The summed E-state index contributed by atoms with van der Waals surface area (Å²) in [5, 5.41) is 13.6. The minimum Gasteiger partial charge on any atom is -0.382 e. The van der Waals surface area contributed by atoms with Crippen LogP contribution in [0.25, 0.3) is 10.9 Å². The molecule has 0 bridgehead atoms. The molecule has 0 radical (unpaired) electrons. The lowest BCUT2D eigenvalue weighted by Gasteiger charge is -2.38. The monoisotopic (exact) mass is 599 g/mol. The molecule has 3 heterocycles. The maximum Gasteiger partial charge on any atom is 0.119 e. The van der Waals surface area contributed by atoms with Crippen LogP contribution in [0.4, 0.5) is 5.69 Å². The Morgan fingerprint density at radius 1 is 0.844 bits per heavy atom. The lowest BCUT2D eigenvalue weighted by atomic mass is 9.86. The Hall–Kier alpha value is -3.90. The topological polar surface area (TPSA) is 40.9 Å². The minimum atomic E-state index is -0.750. The molecule has 0 amide bonds. The van der Waals surface area contributed by atoms with Crippen molar-refractivity contribution in [2.24, 2.45) is 0 Å². The van der Waals surface area contributed by atoms with E-state index < -0.39 is 6.10 Å². The van der Waals surface area contributed by atoms with Crippen LogP contribution >= 0.6 is 0 Å². The van der Waals surface area contributed by atoms with Gasteiger partial charge < -0.3 is 24.2 Å². The highest BCUT2D eigenvalue weighted by atomic mass is 16.5. The Morgan fingerprint density at radius 2 is 1.58 bits per heavy atom. The van der Waals surface area contributed by atoms with Crippen LogP contribution in [0.15, 0.2) is 103 Å². The lowest BCUT2D eigenvalue weighted by molar-refractivity contribution is 0.123. The highest BCUT2D eigenvalue weighted by Gasteiger charge is 2.41. The molecule has 1 aromatic heterocycles. The van der Waals surface area contributed by atoms with Crippen LogP contribution in [0.1, 0.15) is 65.8 Å². The molecule has 5 heteroatoms. The number of hydrogen-bond donors (Lipinski definition) is 1. The van der Waals surface area contributed by atoms with Gasteiger partial charge in [0.25, 0.3) is 0 Å². The van der Waals surface area contributed by atoms with Crippen molar-refractivity contribution in [1.82, 2.24) is 9.47 Å². The van der Waals surface area contributed by atoms with Gasteiger partial charge in [-0.3, -0.25) is 0 Å². The van der Waals surface area contributed by atoms with Gasteiger partial charge in [0, 0.05) is 48.2 Å². The van der Waals surface area contributed by atoms with Crippen molar-refractivity contribution in [3.8, 4) is 0 Å². The van der Waals surface area contributed by atoms with Crippen LogP contribution in [-0.2, 0) is 24.3 Å². The van der Waals surface area contributed by atoms with Crippen LogP contribution in [0.5, 0.6) is 0 Å². The molecule has 3 unspecified atom stereocenters. The Bertz CT molecular complexity index is 1730. The van der Waals surface area contributed by atoms with E-state index >= 15 is 0 Å². The Kier molecular flexibility index (Phi) is 8.75. The Labute approximate surface area is 267 Å². The average molecular weight is 600 g/mol. The summed E-state index contributed by atoms with van der Waals surface area (Å²) in [7, 11) is 0. The molecule has 2 aliphatic rings. The number of ether oxygens (including phenoxy) is 1. The zero-order chi connectivity index (χ0) is 30.8. The van der Waals surface area contributed by atoms with Crippen molar-refractivity contribution >= 4 is 16.6 Å². The fraction of sp³-hybridized carbons (Fsp3) is 0.350. The van der Waals surface area contributed by atoms with E-state index in [2.05, 4.69) is 125 Å². The zero-order valence-electron chi connectivity index (χ0n) is 26.6. The third-order valence-corrected chi connectivity index (χ3v) is 10.1. The van der Waals surface area contributed by atoms with E-state index in [0.29, 0.717) is 31.7 Å². The molecule has 4 aromatic carbocycles. The van der Waals surface area contributed by atoms with E-state index in [9.17, 15) is 5.11 Å². The second-order valence-corrected chi connectivity index (χ2v) is 12.6. The summed E-state index contributed by atoms with van der Waals surface area (Å²) in [4.78, 5) is 5.18. The minimum absolute atomic E-state index is 0.507. The molecule has 7 rings (SSSR count). The molecule has 0 aliphatic carbocycles. The van der Waals surface area contributed by atoms with Gasteiger partial charge in [0.1, 0.15) is 6.10 Å². The summed E-state index contributed by atoms with van der Waals surface area (Å²) < 4.78 is 8.55. The summed E-state index contributed by atoms with van der Waals surface area (Å²) in [6.07, 6.45) is 1.15. The molecule has 2 aliphatic heterocycles. The number of fused-ring (bicyclic) bond motifs is 4. The summed E-state index contributed by atoms with van der Waals surface area (Å²) in [5.41, 5.74) is 9.43. The molecule has 45 heavy (non-hydrogen) atoms. The average Bonchev–Trinajstić information content (AvgIpc) is 3.58. The number of rotatable bonds is 11. The molecule has 3 atom stereocenters. The number of piperidine rings is 1. The van der Waals surface area contributed by atoms with Crippen molar-refractivity contribution < 1.29 is 9.84 Å². The maximum absolute atomic E-state index is 12.4. The number of anilines is 1. The third-order valence-electron chi connectivity index (χ3n) is 10.1. The van der Waals surface area contributed by atoms with E-state index in [1.807, 2.05) is 6.07 Å². The number of likely N-dealkylation sites (N-methyl/N-ethyl adjacent to an activating group) is 2. The van der Waals surface area contributed by atoms with Gasteiger partial charge in [-0.15, -0.1) is 0 Å². The van der Waals surface area contributed by atoms with Crippen LogP contribution in [-0.4, -0.2) is 53.4 Å². The van der Waals surface area contributed by atoms with Crippen LogP contribution in [0.2, 0.25) is 0 Å². The van der Waals surface area contributed by atoms with Crippen LogP contribution < -0.4 is 4.90 Å². The predicted octanol–water partition coefficient (Wildman–Crippen LogP) is 7.55. The first kappa shape index (κ1) is 29.8. The normalized spacial score (nSPS) is 18.7. The fourth-order valence-electron chi connectivity index (χ4n) is 7.85. The quantitative estimate of drug-likeness (QED) is 0.159. The van der Waals surface area contributed by atoms with Gasteiger partial charge in [0.05, 0.1) is 18.9 Å². The molecular weight excluding hydrogens is 554 g/mol. The number of aromatic nitrogens is 1. The summed E-state index contributed by atoms with van der Waals surface area (Å²) in [5.74, 6) is 0.510. The van der Waals surface area contributed by atoms with E-state index in [0.717, 1.165) is 49.4 Å².